The fourth-order valence-corrected chi connectivity index (χ4v) is 19.0. The molecule has 3 nitrogen and oxygen atoms in total. The highest BCUT2D eigenvalue weighted by atomic mass is 28.4. The first-order valence-corrected chi connectivity index (χ1v) is 13.6. The average Bonchev–Trinajstić information content (AvgIpc) is 2.46. The van der Waals surface area contributed by atoms with E-state index in [1.54, 1.807) is 0 Å². The van der Waals surface area contributed by atoms with Gasteiger partial charge in [0.25, 0.3) is 0 Å². The van der Waals surface area contributed by atoms with Crippen molar-refractivity contribution in [2.75, 3.05) is 6.61 Å². The summed E-state index contributed by atoms with van der Waals surface area (Å²) in [4.78, 5) is 11.5. The number of rotatable bonds is 1. The van der Waals surface area contributed by atoms with Gasteiger partial charge in [0.2, 0.25) is 0 Å². The minimum atomic E-state index is -1.21. The van der Waals surface area contributed by atoms with E-state index in [-0.39, 0.29) is 5.97 Å². The Labute approximate surface area is 113 Å². The van der Waals surface area contributed by atoms with Crippen LogP contribution in [0.5, 0.6) is 0 Å². The van der Waals surface area contributed by atoms with Gasteiger partial charge in [0.05, 0.1) is 6.61 Å². The van der Waals surface area contributed by atoms with Gasteiger partial charge in [-0.2, -0.15) is 0 Å². The Kier molecular flexibility index (Phi) is 4.04. The molecule has 18 heavy (non-hydrogen) atoms. The zero-order valence-corrected chi connectivity index (χ0v) is 14.3. The van der Waals surface area contributed by atoms with Gasteiger partial charge in [0, 0.05) is 6.42 Å². The van der Waals surface area contributed by atoms with E-state index in [0.717, 1.165) is 12.8 Å². The summed E-state index contributed by atoms with van der Waals surface area (Å²) < 4.78 is 8.12. The van der Waals surface area contributed by atoms with Gasteiger partial charge in [-0.05, 0) is 37.4 Å². The van der Waals surface area contributed by atoms with Crippen molar-refractivity contribution in [1.29, 1.82) is 0 Å². The maximum atomic E-state index is 11.5. The van der Waals surface area contributed by atoms with Crippen molar-refractivity contribution < 1.29 is 9.53 Å². The molecule has 2 saturated heterocycles. The van der Waals surface area contributed by atoms with Crippen LogP contribution < -0.4 is 0 Å². The van der Waals surface area contributed by atoms with Crippen LogP contribution in [0.15, 0.2) is 0 Å². The van der Waals surface area contributed by atoms with Crippen LogP contribution in [0.3, 0.4) is 0 Å². The molecule has 2 rings (SSSR count). The standard InChI is InChI=1S/C13H27NO2Si2/c1-17(2)10-11-18(3,4)14(17)12-6-5-9-16-13(15)8-7-12/h12H,5-11H2,1-4H3. The maximum Gasteiger partial charge on any atom is 0.305 e. The van der Waals surface area contributed by atoms with Gasteiger partial charge in [-0.15, -0.1) is 0 Å². The molecular weight excluding hydrogens is 258 g/mol. The molecule has 2 fully saturated rings. The zero-order valence-electron chi connectivity index (χ0n) is 12.3. The van der Waals surface area contributed by atoms with E-state index in [1.165, 1.54) is 18.5 Å². The molecule has 0 spiro atoms. The van der Waals surface area contributed by atoms with Gasteiger partial charge in [0.15, 0.2) is 0 Å². The number of esters is 1. The lowest BCUT2D eigenvalue weighted by Gasteiger charge is -2.45. The molecule has 2 aliphatic rings. The molecule has 1 atom stereocenters. The number of ether oxygens (including phenoxy) is 1. The van der Waals surface area contributed by atoms with Crippen molar-refractivity contribution in [3.8, 4) is 0 Å². The number of cyclic esters (lactones) is 1. The quantitative estimate of drug-likeness (QED) is 0.547. The molecular formula is C13H27NO2Si2. The van der Waals surface area contributed by atoms with Crippen molar-refractivity contribution in [3.05, 3.63) is 0 Å². The van der Waals surface area contributed by atoms with E-state index >= 15 is 0 Å². The second-order valence-electron chi connectivity index (χ2n) is 7.05. The van der Waals surface area contributed by atoms with E-state index in [4.69, 9.17) is 4.74 Å². The largest absolute Gasteiger partial charge is 0.466 e. The summed E-state index contributed by atoms with van der Waals surface area (Å²) in [6, 6.07) is 3.56. The molecule has 1 unspecified atom stereocenters. The molecule has 0 saturated carbocycles. The van der Waals surface area contributed by atoms with Crippen LogP contribution in [0, 0.1) is 0 Å². The van der Waals surface area contributed by atoms with Gasteiger partial charge in [-0.25, -0.2) is 0 Å². The highest BCUT2D eigenvalue weighted by Crippen LogP contribution is 2.40. The molecule has 0 aromatic rings. The molecule has 0 radical (unpaired) electrons. The number of carbonyl (C=O) groups is 1. The molecule has 2 aliphatic heterocycles. The third-order valence-electron chi connectivity index (χ3n) is 4.64. The third-order valence-corrected chi connectivity index (χ3v) is 15.1. The third kappa shape index (κ3) is 2.88. The lowest BCUT2D eigenvalue weighted by Crippen LogP contribution is -2.59. The average molecular weight is 286 g/mol. The van der Waals surface area contributed by atoms with Crippen molar-refractivity contribution in [3.63, 3.8) is 0 Å². The van der Waals surface area contributed by atoms with Gasteiger partial charge in [0.1, 0.15) is 16.5 Å². The van der Waals surface area contributed by atoms with E-state index in [0.29, 0.717) is 19.1 Å². The SMILES string of the molecule is C[Si]1(C)CC[Si](C)(C)N1C1CCCOC(=O)CC1. The lowest BCUT2D eigenvalue weighted by molar-refractivity contribution is -0.144. The monoisotopic (exact) mass is 285 g/mol. The summed E-state index contributed by atoms with van der Waals surface area (Å²) in [6.07, 6.45) is 3.91. The van der Waals surface area contributed by atoms with Crippen LogP contribution in [-0.2, 0) is 9.53 Å². The van der Waals surface area contributed by atoms with E-state index < -0.39 is 16.5 Å². The Hall–Kier alpha value is -0.136. The minimum Gasteiger partial charge on any atom is -0.466 e. The Morgan fingerprint density at radius 2 is 1.72 bits per heavy atom. The summed E-state index contributed by atoms with van der Waals surface area (Å²) in [6.45, 7) is 10.7. The first-order valence-electron chi connectivity index (χ1n) is 7.28. The molecule has 5 heteroatoms. The minimum absolute atomic E-state index is 0.0119. The molecule has 0 aromatic carbocycles. The first kappa shape index (κ1) is 14.3. The summed E-state index contributed by atoms with van der Waals surface area (Å²) >= 11 is 0. The normalized spacial score (nSPS) is 32.7. The molecule has 0 aromatic heterocycles. The summed E-state index contributed by atoms with van der Waals surface area (Å²) in [5.41, 5.74) is 0. The topological polar surface area (TPSA) is 29.5 Å². The van der Waals surface area contributed by atoms with Crippen LogP contribution in [0.2, 0.25) is 38.3 Å². The van der Waals surface area contributed by atoms with Gasteiger partial charge < -0.3 is 8.97 Å². The highest BCUT2D eigenvalue weighted by molar-refractivity contribution is 6.95. The molecule has 0 amide bonds. The molecule has 0 bridgehead atoms. The molecule has 0 aliphatic carbocycles. The summed E-state index contributed by atoms with van der Waals surface area (Å²) in [7, 11) is -2.42. The van der Waals surface area contributed by atoms with Crippen LogP contribution in [-0.4, -0.2) is 39.3 Å². The maximum absolute atomic E-state index is 11.5. The van der Waals surface area contributed by atoms with Crippen LogP contribution >= 0.6 is 0 Å². The fourth-order valence-electron chi connectivity index (χ4n) is 3.92. The smallest absolute Gasteiger partial charge is 0.305 e. The van der Waals surface area contributed by atoms with E-state index in [2.05, 4.69) is 30.4 Å². The summed E-state index contributed by atoms with van der Waals surface area (Å²) in [5, 5.41) is 0. The first-order chi connectivity index (χ1) is 8.33. The Bertz CT molecular complexity index is 315. The second-order valence-corrected chi connectivity index (χ2v) is 16.7. The Morgan fingerprint density at radius 3 is 2.33 bits per heavy atom. The van der Waals surface area contributed by atoms with Crippen LogP contribution in [0.1, 0.15) is 25.7 Å². The van der Waals surface area contributed by atoms with Crippen LogP contribution in [0.25, 0.3) is 0 Å². The molecule has 104 valence electrons. The van der Waals surface area contributed by atoms with Crippen molar-refractivity contribution in [1.82, 2.24) is 4.23 Å². The highest BCUT2D eigenvalue weighted by Gasteiger charge is 2.49. The zero-order chi connectivity index (χ0) is 13.4. The summed E-state index contributed by atoms with van der Waals surface area (Å²) in [5.74, 6) is 0.0119. The molecule has 2 heterocycles. The van der Waals surface area contributed by atoms with Crippen molar-refractivity contribution >= 4 is 22.4 Å². The van der Waals surface area contributed by atoms with Gasteiger partial charge >= 0.3 is 5.97 Å². The predicted molar refractivity (Wildman–Crippen MR) is 79.6 cm³/mol. The number of carbonyl (C=O) groups excluding carboxylic acids is 1. The fraction of sp³-hybridized carbons (Fsp3) is 0.923. The number of nitrogens with zero attached hydrogens (tertiary/aromatic N) is 1. The van der Waals surface area contributed by atoms with E-state index in [9.17, 15) is 4.79 Å². The van der Waals surface area contributed by atoms with Crippen LogP contribution in [0.4, 0.5) is 0 Å². The predicted octanol–water partition coefficient (Wildman–Crippen LogP) is 3.20. The number of hydrogen-bond acceptors (Lipinski definition) is 3. The van der Waals surface area contributed by atoms with E-state index in [1.807, 2.05) is 0 Å². The van der Waals surface area contributed by atoms with Crippen molar-refractivity contribution in [2.24, 2.45) is 0 Å². The lowest BCUT2D eigenvalue weighted by atomic mass is 10.1. The van der Waals surface area contributed by atoms with Gasteiger partial charge in [-0.3, -0.25) is 4.79 Å². The van der Waals surface area contributed by atoms with Crippen molar-refractivity contribution in [2.45, 2.75) is 70.0 Å². The Balaban J connectivity index is 2.14. The van der Waals surface area contributed by atoms with Gasteiger partial charge in [-0.1, -0.05) is 26.2 Å². The Morgan fingerprint density at radius 1 is 1.11 bits per heavy atom. The second kappa shape index (κ2) is 5.09. The molecule has 0 N–H and O–H groups in total. The number of hydrogen-bond donors (Lipinski definition) is 0.